The van der Waals surface area contributed by atoms with Gasteiger partial charge in [-0.15, -0.1) is 0 Å². The number of alkyl halides is 3. The summed E-state index contributed by atoms with van der Waals surface area (Å²) < 4.78 is 38.7. The molecule has 3 rings (SSSR count). The SMILES string of the molecule is Cc1ccc(C=C2SC(=S)N(CCCC(=O)Nc3cccc(C(F)(F)F)c3)C2=O)cc1. The van der Waals surface area contributed by atoms with Gasteiger partial charge >= 0.3 is 6.18 Å². The van der Waals surface area contributed by atoms with Gasteiger partial charge in [0, 0.05) is 18.7 Å². The number of amides is 2. The van der Waals surface area contributed by atoms with Crippen LogP contribution >= 0.6 is 24.0 Å². The Balaban J connectivity index is 1.53. The van der Waals surface area contributed by atoms with E-state index in [0.29, 0.717) is 15.6 Å². The molecule has 9 heteroatoms. The van der Waals surface area contributed by atoms with E-state index < -0.39 is 17.6 Å². The van der Waals surface area contributed by atoms with Gasteiger partial charge in [0.1, 0.15) is 4.32 Å². The number of carbonyl (C=O) groups excluding carboxylic acids is 2. The summed E-state index contributed by atoms with van der Waals surface area (Å²) in [6, 6.07) is 12.2. The van der Waals surface area contributed by atoms with Gasteiger partial charge < -0.3 is 5.32 Å². The van der Waals surface area contributed by atoms with Crippen molar-refractivity contribution in [1.82, 2.24) is 4.90 Å². The van der Waals surface area contributed by atoms with Gasteiger partial charge in [0.15, 0.2) is 0 Å². The number of aryl methyl sites for hydroxylation is 1. The first-order chi connectivity index (χ1) is 14.6. The molecule has 2 amide bonds. The summed E-state index contributed by atoms with van der Waals surface area (Å²) in [7, 11) is 0. The fourth-order valence-electron chi connectivity index (χ4n) is 2.90. The lowest BCUT2D eigenvalue weighted by atomic mass is 10.1. The van der Waals surface area contributed by atoms with Crippen LogP contribution in [0.2, 0.25) is 0 Å². The number of hydrogen-bond donors (Lipinski definition) is 1. The number of hydrogen-bond acceptors (Lipinski definition) is 4. The Bertz CT molecular complexity index is 1030. The maximum Gasteiger partial charge on any atom is 0.416 e. The van der Waals surface area contributed by atoms with Crippen molar-refractivity contribution < 1.29 is 22.8 Å². The van der Waals surface area contributed by atoms with Crippen LogP contribution in [0.1, 0.15) is 29.5 Å². The van der Waals surface area contributed by atoms with Gasteiger partial charge in [-0.25, -0.2) is 0 Å². The molecule has 1 aliphatic heterocycles. The highest BCUT2D eigenvalue weighted by Crippen LogP contribution is 2.33. The summed E-state index contributed by atoms with van der Waals surface area (Å²) in [4.78, 5) is 26.7. The number of nitrogens with one attached hydrogen (secondary N) is 1. The number of thiocarbonyl (C=S) groups is 1. The highest BCUT2D eigenvalue weighted by atomic mass is 32.2. The molecule has 1 saturated heterocycles. The quantitative estimate of drug-likeness (QED) is 0.444. The van der Waals surface area contributed by atoms with E-state index in [4.69, 9.17) is 12.2 Å². The van der Waals surface area contributed by atoms with Gasteiger partial charge in [-0.2, -0.15) is 13.2 Å². The third-order valence-corrected chi connectivity index (χ3v) is 5.89. The second-order valence-electron chi connectivity index (χ2n) is 6.97. The lowest BCUT2D eigenvalue weighted by Crippen LogP contribution is -2.29. The number of thioether (sulfide) groups is 1. The van der Waals surface area contributed by atoms with Crippen LogP contribution in [0.3, 0.4) is 0 Å². The molecule has 2 aromatic carbocycles. The normalized spacial score (nSPS) is 15.6. The number of nitrogens with zero attached hydrogens (tertiary/aromatic N) is 1. The Morgan fingerprint density at radius 3 is 2.58 bits per heavy atom. The Morgan fingerprint density at radius 2 is 1.90 bits per heavy atom. The van der Waals surface area contributed by atoms with E-state index in [0.717, 1.165) is 23.3 Å². The van der Waals surface area contributed by atoms with Gasteiger partial charge in [0.05, 0.1) is 10.5 Å². The minimum atomic E-state index is -4.48. The summed E-state index contributed by atoms with van der Waals surface area (Å²) in [5.74, 6) is -0.645. The summed E-state index contributed by atoms with van der Waals surface area (Å²) in [5.41, 5.74) is 1.26. The van der Waals surface area contributed by atoms with E-state index >= 15 is 0 Å². The summed E-state index contributed by atoms with van der Waals surface area (Å²) in [6.45, 7) is 2.23. The lowest BCUT2D eigenvalue weighted by molar-refractivity contribution is -0.137. The number of rotatable bonds is 6. The zero-order valence-electron chi connectivity index (χ0n) is 16.5. The van der Waals surface area contributed by atoms with Crippen molar-refractivity contribution in [3.05, 3.63) is 70.1 Å². The van der Waals surface area contributed by atoms with Crippen LogP contribution in [-0.2, 0) is 15.8 Å². The molecule has 2 aromatic rings. The number of carbonyl (C=O) groups is 2. The van der Waals surface area contributed by atoms with Crippen molar-refractivity contribution in [1.29, 1.82) is 0 Å². The van der Waals surface area contributed by atoms with Crippen LogP contribution in [0.15, 0.2) is 53.4 Å². The van der Waals surface area contributed by atoms with Crippen LogP contribution in [-0.4, -0.2) is 27.6 Å². The van der Waals surface area contributed by atoms with E-state index in [1.54, 1.807) is 6.08 Å². The topological polar surface area (TPSA) is 49.4 Å². The molecule has 0 aliphatic carbocycles. The highest BCUT2D eigenvalue weighted by molar-refractivity contribution is 8.26. The second kappa shape index (κ2) is 9.65. The largest absolute Gasteiger partial charge is 0.416 e. The molecule has 0 bridgehead atoms. The van der Waals surface area contributed by atoms with Gasteiger partial charge in [0.25, 0.3) is 5.91 Å². The molecule has 1 N–H and O–H groups in total. The van der Waals surface area contributed by atoms with Gasteiger partial charge in [-0.3, -0.25) is 14.5 Å². The van der Waals surface area contributed by atoms with Crippen LogP contribution in [0, 0.1) is 6.92 Å². The Labute approximate surface area is 187 Å². The van der Waals surface area contributed by atoms with Crippen molar-refractivity contribution in [2.24, 2.45) is 0 Å². The van der Waals surface area contributed by atoms with Crippen molar-refractivity contribution in [2.75, 3.05) is 11.9 Å². The summed E-state index contributed by atoms with van der Waals surface area (Å²) in [6.07, 6.45) is -2.33. The average Bonchev–Trinajstić information content (AvgIpc) is 2.96. The number of benzene rings is 2. The fourth-order valence-corrected chi connectivity index (χ4v) is 4.21. The first kappa shape index (κ1) is 23.0. The zero-order chi connectivity index (χ0) is 22.6. The van der Waals surface area contributed by atoms with Gasteiger partial charge in [0.2, 0.25) is 5.91 Å². The van der Waals surface area contributed by atoms with Gasteiger partial charge in [-0.05, 0) is 43.2 Å². The van der Waals surface area contributed by atoms with Crippen LogP contribution in [0.25, 0.3) is 6.08 Å². The molecule has 162 valence electrons. The third-order valence-electron chi connectivity index (χ3n) is 4.51. The van der Waals surface area contributed by atoms with Crippen molar-refractivity contribution in [3.63, 3.8) is 0 Å². The average molecular weight is 465 g/mol. The minimum Gasteiger partial charge on any atom is -0.326 e. The fraction of sp³-hybridized carbons (Fsp3) is 0.227. The molecule has 0 aromatic heterocycles. The predicted molar refractivity (Wildman–Crippen MR) is 120 cm³/mol. The number of halogens is 3. The smallest absolute Gasteiger partial charge is 0.326 e. The second-order valence-corrected chi connectivity index (χ2v) is 8.65. The number of anilines is 1. The van der Waals surface area contributed by atoms with E-state index in [2.05, 4.69) is 5.32 Å². The lowest BCUT2D eigenvalue weighted by Gasteiger charge is -2.14. The standard InChI is InChI=1S/C22H19F3N2O2S2/c1-14-7-9-15(10-8-14)12-18-20(29)27(21(30)31-18)11-3-6-19(28)26-17-5-2-4-16(13-17)22(23,24)25/h2,4-5,7-10,12-13H,3,6,11H2,1H3,(H,26,28). The first-order valence-corrected chi connectivity index (χ1v) is 10.6. The van der Waals surface area contributed by atoms with E-state index in [9.17, 15) is 22.8 Å². The maximum absolute atomic E-state index is 12.8. The van der Waals surface area contributed by atoms with Crippen molar-refractivity contribution in [2.45, 2.75) is 25.9 Å². The molecule has 0 saturated carbocycles. The molecular formula is C22H19F3N2O2S2. The van der Waals surface area contributed by atoms with Gasteiger partial charge in [-0.1, -0.05) is 59.9 Å². The molecule has 0 unspecified atom stereocenters. The first-order valence-electron chi connectivity index (χ1n) is 9.42. The third kappa shape index (κ3) is 6.18. The zero-order valence-corrected chi connectivity index (χ0v) is 18.2. The van der Waals surface area contributed by atoms with Crippen molar-refractivity contribution in [3.8, 4) is 0 Å². The molecule has 1 fully saturated rings. The Kier molecular flexibility index (Phi) is 7.17. The summed E-state index contributed by atoms with van der Waals surface area (Å²) >= 11 is 6.49. The van der Waals surface area contributed by atoms with Crippen LogP contribution in [0.5, 0.6) is 0 Å². The molecule has 1 heterocycles. The molecule has 31 heavy (non-hydrogen) atoms. The highest BCUT2D eigenvalue weighted by Gasteiger charge is 2.32. The van der Waals surface area contributed by atoms with Crippen LogP contribution < -0.4 is 5.32 Å². The van der Waals surface area contributed by atoms with E-state index in [-0.39, 0.29) is 24.6 Å². The molecule has 0 spiro atoms. The minimum absolute atomic E-state index is 0.0459. The summed E-state index contributed by atoms with van der Waals surface area (Å²) in [5, 5.41) is 2.46. The molecule has 1 aliphatic rings. The molecular weight excluding hydrogens is 445 g/mol. The predicted octanol–water partition coefficient (Wildman–Crippen LogP) is 5.63. The van der Waals surface area contributed by atoms with E-state index in [1.807, 2.05) is 31.2 Å². The van der Waals surface area contributed by atoms with Crippen molar-refractivity contribution >= 4 is 51.9 Å². The van der Waals surface area contributed by atoms with E-state index in [1.165, 1.54) is 28.8 Å². The van der Waals surface area contributed by atoms with Crippen LogP contribution in [0.4, 0.5) is 18.9 Å². The Hall–Kier alpha value is -2.65. The maximum atomic E-state index is 12.8. The Morgan fingerprint density at radius 1 is 1.19 bits per heavy atom. The molecule has 0 atom stereocenters. The molecule has 4 nitrogen and oxygen atoms in total. The monoisotopic (exact) mass is 464 g/mol. The molecule has 0 radical (unpaired) electrons.